The zero-order chi connectivity index (χ0) is 12.0. The first kappa shape index (κ1) is 11.2. The third-order valence-electron chi connectivity index (χ3n) is 3.39. The van der Waals surface area contributed by atoms with Gasteiger partial charge in [0.1, 0.15) is 0 Å². The Balaban J connectivity index is 1.87. The number of hydrogen-bond acceptors (Lipinski definition) is 3. The molecule has 3 rings (SSSR count). The maximum atomic E-state index is 12.3. The second kappa shape index (κ2) is 3.80. The van der Waals surface area contributed by atoms with Crippen molar-refractivity contribution in [3.8, 4) is 0 Å². The van der Waals surface area contributed by atoms with Crippen LogP contribution >= 0.6 is 0 Å². The van der Waals surface area contributed by atoms with Gasteiger partial charge in [0.05, 0.1) is 17.1 Å². The van der Waals surface area contributed by atoms with E-state index in [1.807, 2.05) is 19.1 Å². The number of piperidine rings is 1. The van der Waals surface area contributed by atoms with E-state index in [2.05, 4.69) is 0 Å². The Labute approximate surface area is 101 Å². The lowest BCUT2D eigenvalue weighted by Gasteiger charge is -2.23. The van der Waals surface area contributed by atoms with E-state index < -0.39 is 10.0 Å². The summed E-state index contributed by atoms with van der Waals surface area (Å²) in [5, 5.41) is 0. The SMILES string of the molecule is Cc1ccc(S(=O)(=O)N2CC[C@@H]3O[C@@H]3C2)cc1. The molecule has 0 bridgehead atoms. The molecule has 2 aliphatic rings. The first-order chi connectivity index (χ1) is 8.07. The fourth-order valence-electron chi connectivity index (χ4n) is 2.23. The smallest absolute Gasteiger partial charge is 0.243 e. The molecule has 2 atom stereocenters. The van der Waals surface area contributed by atoms with Gasteiger partial charge in [-0.15, -0.1) is 0 Å². The van der Waals surface area contributed by atoms with Gasteiger partial charge < -0.3 is 4.74 Å². The number of fused-ring (bicyclic) bond motifs is 1. The minimum absolute atomic E-state index is 0.129. The Morgan fingerprint density at radius 3 is 2.59 bits per heavy atom. The molecule has 0 unspecified atom stereocenters. The van der Waals surface area contributed by atoms with E-state index in [4.69, 9.17) is 4.74 Å². The van der Waals surface area contributed by atoms with Gasteiger partial charge in [-0.25, -0.2) is 8.42 Å². The number of sulfonamides is 1. The van der Waals surface area contributed by atoms with Gasteiger partial charge in [-0.2, -0.15) is 4.31 Å². The molecule has 0 spiro atoms. The quantitative estimate of drug-likeness (QED) is 0.743. The van der Waals surface area contributed by atoms with Gasteiger partial charge in [0.15, 0.2) is 0 Å². The summed E-state index contributed by atoms with van der Waals surface area (Å²) in [5.41, 5.74) is 1.06. The van der Waals surface area contributed by atoms with Crippen LogP contribution in [0.4, 0.5) is 0 Å². The van der Waals surface area contributed by atoms with Crippen LogP contribution in [0.1, 0.15) is 12.0 Å². The molecule has 1 aromatic rings. The van der Waals surface area contributed by atoms with Crippen LogP contribution in [0, 0.1) is 6.92 Å². The van der Waals surface area contributed by atoms with E-state index in [0.29, 0.717) is 24.1 Å². The summed E-state index contributed by atoms with van der Waals surface area (Å²) in [6.07, 6.45) is 1.25. The molecule has 0 saturated carbocycles. The number of ether oxygens (including phenoxy) is 1. The van der Waals surface area contributed by atoms with Crippen molar-refractivity contribution in [3.63, 3.8) is 0 Å². The Kier molecular flexibility index (Phi) is 2.50. The van der Waals surface area contributed by atoms with Crippen LogP contribution < -0.4 is 0 Å². The fourth-order valence-corrected chi connectivity index (χ4v) is 3.70. The van der Waals surface area contributed by atoms with Crippen molar-refractivity contribution in [2.75, 3.05) is 13.1 Å². The summed E-state index contributed by atoms with van der Waals surface area (Å²) in [5.74, 6) is 0. The number of epoxide rings is 1. The van der Waals surface area contributed by atoms with Crippen molar-refractivity contribution in [3.05, 3.63) is 29.8 Å². The molecule has 2 saturated heterocycles. The van der Waals surface area contributed by atoms with E-state index in [1.165, 1.54) is 4.31 Å². The van der Waals surface area contributed by atoms with Gasteiger partial charge in [0.2, 0.25) is 10.0 Å². The maximum Gasteiger partial charge on any atom is 0.243 e. The normalized spacial score (nSPS) is 28.8. The van der Waals surface area contributed by atoms with Crippen LogP contribution in [0.5, 0.6) is 0 Å². The number of nitrogens with zero attached hydrogens (tertiary/aromatic N) is 1. The maximum absolute atomic E-state index is 12.3. The fraction of sp³-hybridized carbons (Fsp3) is 0.500. The number of benzene rings is 1. The zero-order valence-corrected chi connectivity index (χ0v) is 10.5. The molecule has 0 amide bonds. The summed E-state index contributed by atoms with van der Waals surface area (Å²) in [6, 6.07) is 7.00. The lowest BCUT2D eigenvalue weighted by molar-refractivity contribution is 0.357. The average molecular weight is 253 g/mol. The van der Waals surface area contributed by atoms with Crippen molar-refractivity contribution >= 4 is 10.0 Å². The monoisotopic (exact) mass is 253 g/mol. The molecular formula is C12H15NO3S. The molecule has 17 heavy (non-hydrogen) atoms. The Morgan fingerprint density at radius 1 is 1.24 bits per heavy atom. The number of aryl methyl sites for hydroxylation is 1. The minimum atomic E-state index is -3.33. The van der Waals surface area contributed by atoms with Crippen molar-refractivity contribution in [1.82, 2.24) is 4.31 Å². The molecule has 4 nitrogen and oxygen atoms in total. The first-order valence-corrected chi connectivity index (χ1v) is 7.24. The van der Waals surface area contributed by atoms with Crippen LogP contribution in [0.25, 0.3) is 0 Å². The van der Waals surface area contributed by atoms with Gasteiger partial charge >= 0.3 is 0 Å². The van der Waals surface area contributed by atoms with E-state index in [1.54, 1.807) is 12.1 Å². The minimum Gasteiger partial charge on any atom is -0.368 e. The third-order valence-corrected chi connectivity index (χ3v) is 5.27. The summed E-state index contributed by atoms with van der Waals surface area (Å²) >= 11 is 0. The lowest BCUT2D eigenvalue weighted by Crippen LogP contribution is -2.39. The van der Waals surface area contributed by atoms with E-state index in [0.717, 1.165) is 12.0 Å². The van der Waals surface area contributed by atoms with Crippen LogP contribution in [-0.4, -0.2) is 38.0 Å². The molecular weight excluding hydrogens is 238 g/mol. The average Bonchev–Trinajstić information content (AvgIpc) is 3.07. The Bertz CT molecular complexity index is 523. The van der Waals surface area contributed by atoms with Gasteiger partial charge in [0.25, 0.3) is 0 Å². The molecule has 0 radical (unpaired) electrons. The predicted octanol–water partition coefficient (Wildman–Crippen LogP) is 1.16. The van der Waals surface area contributed by atoms with Gasteiger partial charge in [-0.05, 0) is 25.5 Å². The predicted molar refractivity (Wildman–Crippen MR) is 63.2 cm³/mol. The number of rotatable bonds is 2. The third kappa shape index (κ3) is 1.99. The summed E-state index contributed by atoms with van der Waals surface area (Å²) in [7, 11) is -3.33. The second-order valence-electron chi connectivity index (χ2n) is 4.68. The molecule has 2 aliphatic heterocycles. The van der Waals surface area contributed by atoms with Gasteiger partial charge in [0, 0.05) is 13.1 Å². The molecule has 1 aromatic carbocycles. The Hall–Kier alpha value is -0.910. The van der Waals surface area contributed by atoms with Crippen LogP contribution in [0.3, 0.4) is 0 Å². The lowest BCUT2D eigenvalue weighted by atomic mass is 10.2. The first-order valence-electron chi connectivity index (χ1n) is 5.80. The highest BCUT2D eigenvalue weighted by atomic mass is 32.2. The molecule has 5 heteroatoms. The van der Waals surface area contributed by atoms with E-state index in [9.17, 15) is 8.42 Å². The van der Waals surface area contributed by atoms with Crippen molar-refractivity contribution in [2.45, 2.75) is 30.4 Å². The van der Waals surface area contributed by atoms with Crippen LogP contribution in [0.2, 0.25) is 0 Å². The Morgan fingerprint density at radius 2 is 1.94 bits per heavy atom. The van der Waals surface area contributed by atoms with Crippen molar-refractivity contribution in [2.24, 2.45) is 0 Å². The highest BCUT2D eigenvalue weighted by Crippen LogP contribution is 2.33. The molecule has 2 heterocycles. The molecule has 0 aromatic heterocycles. The molecule has 2 fully saturated rings. The van der Waals surface area contributed by atoms with Crippen molar-refractivity contribution < 1.29 is 13.2 Å². The van der Waals surface area contributed by atoms with E-state index >= 15 is 0 Å². The topological polar surface area (TPSA) is 49.9 Å². The van der Waals surface area contributed by atoms with E-state index in [-0.39, 0.29) is 6.10 Å². The molecule has 0 N–H and O–H groups in total. The summed E-state index contributed by atoms with van der Waals surface area (Å²) in [6.45, 7) is 3.01. The zero-order valence-electron chi connectivity index (χ0n) is 9.67. The van der Waals surface area contributed by atoms with Crippen LogP contribution in [-0.2, 0) is 14.8 Å². The van der Waals surface area contributed by atoms with Gasteiger partial charge in [-0.1, -0.05) is 17.7 Å². The standard InChI is InChI=1S/C12H15NO3S/c1-9-2-4-10(5-3-9)17(14,15)13-7-6-11-12(8-13)16-11/h2-5,11-12H,6-8H2,1H3/t11-,12+/m0/s1. The molecule has 92 valence electrons. The molecule has 0 aliphatic carbocycles. The van der Waals surface area contributed by atoms with Crippen LogP contribution in [0.15, 0.2) is 29.2 Å². The highest BCUT2D eigenvalue weighted by Gasteiger charge is 2.46. The summed E-state index contributed by atoms with van der Waals surface area (Å²) in [4.78, 5) is 0.377. The largest absolute Gasteiger partial charge is 0.368 e. The number of hydrogen-bond donors (Lipinski definition) is 0. The summed E-state index contributed by atoms with van der Waals surface area (Å²) < 4.78 is 31.6. The van der Waals surface area contributed by atoms with Crippen molar-refractivity contribution in [1.29, 1.82) is 0 Å². The second-order valence-corrected chi connectivity index (χ2v) is 6.62. The highest BCUT2D eigenvalue weighted by molar-refractivity contribution is 7.89. The van der Waals surface area contributed by atoms with Gasteiger partial charge in [-0.3, -0.25) is 0 Å².